The maximum Gasteiger partial charge on any atom is -0.00282 e. The molecule has 0 heterocycles. The third-order valence-corrected chi connectivity index (χ3v) is 2.53. The summed E-state index contributed by atoms with van der Waals surface area (Å²) >= 11 is 0. The Morgan fingerprint density at radius 3 is 2.92 bits per heavy atom. The van der Waals surface area contributed by atoms with Gasteiger partial charge in [-0.05, 0) is 55.4 Å². The number of rotatable bonds is 0. The molecule has 2 rings (SSSR count). The first-order valence-corrected chi connectivity index (χ1v) is 4.70. The van der Waals surface area contributed by atoms with Gasteiger partial charge in [-0.3, -0.25) is 0 Å². The van der Waals surface area contributed by atoms with E-state index >= 15 is 0 Å². The highest BCUT2D eigenvalue weighted by Gasteiger charge is 2.10. The van der Waals surface area contributed by atoms with Crippen molar-refractivity contribution >= 4 is 0 Å². The molecule has 0 N–H and O–H groups in total. The number of hydrogen-bond acceptors (Lipinski definition) is 0. The molecule has 1 saturated carbocycles. The van der Waals surface area contributed by atoms with E-state index in [0.29, 0.717) is 0 Å². The second-order valence-corrected chi connectivity index (χ2v) is 3.58. The van der Waals surface area contributed by atoms with Crippen molar-refractivity contribution in [2.75, 3.05) is 0 Å². The van der Waals surface area contributed by atoms with E-state index < -0.39 is 0 Å². The summed E-state index contributed by atoms with van der Waals surface area (Å²) < 4.78 is 0. The van der Waals surface area contributed by atoms with Crippen LogP contribution in [0.4, 0.5) is 0 Å². The second kappa shape index (κ2) is 3.16. The molecule has 0 saturated heterocycles. The van der Waals surface area contributed by atoms with Crippen LogP contribution in [0.5, 0.6) is 0 Å². The summed E-state index contributed by atoms with van der Waals surface area (Å²) in [5.41, 5.74) is 7.65. The maximum atomic E-state index is 3.39. The highest BCUT2D eigenvalue weighted by Crippen LogP contribution is 2.29. The highest BCUT2D eigenvalue weighted by molar-refractivity contribution is 5.40. The Bertz CT molecular complexity index is 307. The molecule has 0 bridgehead atoms. The smallest absolute Gasteiger partial charge is 0.00282 e. The van der Waals surface area contributed by atoms with Gasteiger partial charge in [0.2, 0.25) is 0 Å². The first-order valence-electron chi connectivity index (χ1n) is 4.70. The van der Waals surface area contributed by atoms with Crippen molar-refractivity contribution < 1.29 is 0 Å². The molecule has 2 aliphatic rings. The lowest BCUT2D eigenvalue weighted by atomic mass is 9.90. The normalized spacial score (nSPS) is 21.9. The van der Waals surface area contributed by atoms with Gasteiger partial charge in [0.05, 0.1) is 0 Å². The molecule has 1 fully saturated rings. The van der Waals surface area contributed by atoms with Crippen LogP contribution in [0.25, 0.3) is 0 Å². The second-order valence-electron chi connectivity index (χ2n) is 3.58. The van der Waals surface area contributed by atoms with Crippen molar-refractivity contribution in [1.29, 1.82) is 0 Å². The summed E-state index contributed by atoms with van der Waals surface area (Å²) in [4.78, 5) is 0. The summed E-state index contributed by atoms with van der Waals surface area (Å²) in [7, 11) is 0. The van der Waals surface area contributed by atoms with Crippen molar-refractivity contribution in [3.05, 3.63) is 40.7 Å². The molecule has 0 aromatic rings. The van der Waals surface area contributed by atoms with E-state index in [9.17, 15) is 0 Å². The molecule has 0 aromatic carbocycles. The standard InChI is InChI=1S/C12H14/c1-10-6-8-11-4-2-3-5-12(11)9-7-10/h6-8H,2-5H2,1H3. The fourth-order valence-electron chi connectivity index (χ4n) is 1.76. The average Bonchev–Trinajstić information content (AvgIpc) is 2.29. The molecule has 2 aliphatic carbocycles. The van der Waals surface area contributed by atoms with E-state index in [4.69, 9.17) is 0 Å². The largest absolute Gasteiger partial charge is 0.117 e. The average molecular weight is 158 g/mol. The molecular formula is C12H14. The number of fused-ring (bicyclic) bond motifs is 1. The van der Waals surface area contributed by atoms with Gasteiger partial charge >= 0.3 is 0 Å². The Kier molecular flexibility index (Phi) is 2.01. The summed E-state index contributed by atoms with van der Waals surface area (Å²) in [5, 5.41) is 0. The first kappa shape index (κ1) is 7.64. The van der Waals surface area contributed by atoms with Gasteiger partial charge in [-0.1, -0.05) is 12.2 Å². The minimum Gasteiger partial charge on any atom is -0.117 e. The van der Waals surface area contributed by atoms with Gasteiger partial charge in [-0.15, -0.1) is 5.73 Å². The van der Waals surface area contributed by atoms with Crippen molar-refractivity contribution in [2.24, 2.45) is 0 Å². The van der Waals surface area contributed by atoms with E-state index in [1.54, 1.807) is 0 Å². The predicted molar refractivity (Wildman–Crippen MR) is 51.9 cm³/mol. The van der Waals surface area contributed by atoms with Crippen molar-refractivity contribution in [1.82, 2.24) is 0 Å². The van der Waals surface area contributed by atoms with E-state index in [-0.39, 0.29) is 0 Å². The van der Waals surface area contributed by atoms with E-state index in [1.807, 2.05) is 0 Å². The Morgan fingerprint density at radius 1 is 1.17 bits per heavy atom. The Morgan fingerprint density at radius 2 is 2.00 bits per heavy atom. The molecule has 0 aliphatic heterocycles. The predicted octanol–water partition coefficient (Wildman–Crippen LogP) is 3.53. The first-order chi connectivity index (χ1) is 5.86. The fraction of sp³-hybridized carbons (Fsp3) is 0.417. The summed E-state index contributed by atoms with van der Waals surface area (Å²) in [6, 6.07) is 0. The molecule has 0 nitrogen and oxygen atoms in total. The number of allylic oxidation sites excluding steroid dienone is 5. The Balaban J connectivity index is 2.40. The van der Waals surface area contributed by atoms with Crippen molar-refractivity contribution in [3.8, 4) is 0 Å². The van der Waals surface area contributed by atoms with Gasteiger partial charge in [0, 0.05) is 0 Å². The molecule has 0 spiro atoms. The van der Waals surface area contributed by atoms with Crippen molar-refractivity contribution in [2.45, 2.75) is 32.6 Å². The molecule has 12 heavy (non-hydrogen) atoms. The van der Waals surface area contributed by atoms with Gasteiger partial charge < -0.3 is 0 Å². The fourth-order valence-corrected chi connectivity index (χ4v) is 1.76. The summed E-state index contributed by atoms with van der Waals surface area (Å²) in [5.74, 6) is 0. The van der Waals surface area contributed by atoms with Crippen LogP contribution >= 0.6 is 0 Å². The summed E-state index contributed by atoms with van der Waals surface area (Å²) in [6.45, 7) is 2.13. The van der Waals surface area contributed by atoms with Crippen LogP contribution < -0.4 is 0 Å². The van der Waals surface area contributed by atoms with Gasteiger partial charge in [0.25, 0.3) is 0 Å². The summed E-state index contributed by atoms with van der Waals surface area (Å²) in [6.07, 6.45) is 11.7. The maximum absolute atomic E-state index is 3.39. The van der Waals surface area contributed by atoms with Crippen LogP contribution in [-0.4, -0.2) is 0 Å². The van der Waals surface area contributed by atoms with Crippen LogP contribution in [-0.2, 0) is 0 Å². The zero-order chi connectivity index (χ0) is 8.39. The monoisotopic (exact) mass is 158 g/mol. The molecular weight excluding hydrogens is 144 g/mol. The third-order valence-electron chi connectivity index (χ3n) is 2.53. The van der Waals surface area contributed by atoms with Crippen LogP contribution in [0.1, 0.15) is 32.6 Å². The zero-order valence-corrected chi connectivity index (χ0v) is 7.56. The van der Waals surface area contributed by atoms with E-state index in [0.717, 1.165) is 0 Å². The lowest BCUT2D eigenvalue weighted by Gasteiger charge is -2.14. The Hall–Kier alpha value is -1.00. The molecule has 0 radical (unpaired) electrons. The molecule has 0 atom stereocenters. The molecule has 0 aromatic heterocycles. The number of hydrogen-bond donors (Lipinski definition) is 0. The third kappa shape index (κ3) is 1.44. The minimum atomic E-state index is 1.23. The van der Waals surface area contributed by atoms with Crippen LogP contribution in [0, 0.1) is 0 Å². The lowest BCUT2D eigenvalue weighted by molar-refractivity contribution is 0.680. The van der Waals surface area contributed by atoms with Crippen LogP contribution in [0.3, 0.4) is 0 Å². The van der Waals surface area contributed by atoms with Crippen LogP contribution in [0.15, 0.2) is 40.7 Å². The van der Waals surface area contributed by atoms with Crippen LogP contribution in [0.2, 0.25) is 0 Å². The highest BCUT2D eigenvalue weighted by atomic mass is 14.1. The zero-order valence-electron chi connectivity index (χ0n) is 7.56. The minimum absolute atomic E-state index is 1.23. The Labute approximate surface area is 74.0 Å². The molecule has 0 unspecified atom stereocenters. The van der Waals surface area contributed by atoms with E-state index in [1.165, 1.54) is 42.4 Å². The van der Waals surface area contributed by atoms with E-state index in [2.05, 4.69) is 30.9 Å². The quantitative estimate of drug-likeness (QED) is 0.473. The molecule has 0 amide bonds. The SMILES string of the molecule is CC1=CC=C2CCCCC2=C=C1. The van der Waals surface area contributed by atoms with Gasteiger partial charge in [-0.25, -0.2) is 0 Å². The topological polar surface area (TPSA) is 0 Å². The van der Waals surface area contributed by atoms with Gasteiger partial charge in [-0.2, -0.15) is 0 Å². The molecule has 0 heteroatoms. The molecule has 62 valence electrons. The lowest BCUT2D eigenvalue weighted by Crippen LogP contribution is -1.96. The van der Waals surface area contributed by atoms with Gasteiger partial charge in [0.1, 0.15) is 0 Å². The van der Waals surface area contributed by atoms with Crippen molar-refractivity contribution in [3.63, 3.8) is 0 Å². The van der Waals surface area contributed by atoms with Gasteiger partial charge in [0.15, 0.2) is 0 Å².